The van der Waals surface area contributed by atoms with Crippen molar-refractivity contribution in [2.45, 2.75) is 26.8 Å². The molecule has 2 rings (SSSR count). The summed E-state index contributed by atoms with van der Waals surface area (Å²) in [5.74, 6) is 0.725. The van der Waals surface area contributed by atoms with Crippen LogP contribution in [0.2, 0.25) is 0 Å². The van der Waals surface area contributed by atoms with Gasteiger partial charge in [-0.2, -0.15) is 4.99 Å². The van der Waals surface area contributed by atoms with Crippen LogP contribution in [-0.4, -0.2) is 28.3 Å². The lowest BCUT2D eigenvalue weighted by molar-refractivity contribution is 0.198. The normalized spacial score (nSPS) is 20.2. The first-order valence-corrected chi connectivity index (χ1v) is 6.43. The number of carbonyl (C=O) groups is 1. The molecule has 0 aliphatic carbocycles. The molecule has 2 N–H and O–H groups in total. The second-order valence-electron chi connectivity index (χ2n) is 4.56. The van der Waals surface area contributed by atoms with Gasteiger partial charge < -0.3 is 10.6 Å². The number of hydrogen-bond acceptors (Lipinski definition) is 4. The van der Waals surface area contributed by atoms with Gasteiger partial charge >= 0.3 is 6.03 Å². The Morgan fingerprint density at radius 1 is 1.59 bits per heavy atom. The maximum Gasteiger partial charge on any atom is 0.346 e. The van der Waals surface area contributed by atoms with E-state index >= 15 is 0 Å². The third kappa shape index (κ3) is 2.31. The first-order chi connectivity index (χ1) is 7.99. The molecule has 6 heteroatoms. The lowest BCUT2D eigenvalue weighted by Crippen LogP contribution is -2.36. The van der Waals surface area contributed by atoms with Crippen molar-refractivity contribution in [3.05, 3.63) is 16.1 Å². The first-order valence-electron chi connectivity index (χ1n) is 5.55. The molecule has 0 fully saturated rings. The maximum absolute atomic E-state index is 11.7. The molecule has 5 nitrogen and oxygen atoms in total. The standard InChI is InChI=1S/C11H16N4OS/c1-6(2)4-15-9(10(12)14-11(15)16)8-5-17-7(3)13-8/h5-6,9H,4H2,1-3H3,(H2,12,14,16). The monoisotopic (exact) mass is 252 g/mol. The summed E-state index contributed by atoms with van der Waals surface area (Å²) < 4.78 is 0. The molecule has 17 heavy (non-hydrogen) atoms. The molecule has 0 saturated heterocycles. The molecule has 1 unspecified atom stereocenters. The fraction of sp³-hybridized carbons (Fsp3) is 0.545. The highest BCUT2D eigenvalue weighted by Crippen LogP contribution is 2.28. The summed E-state index contributed by atoms with van der Waals surface area (Å²) in [5, 5.41) is 2.91. The third-order valence-electron chi connectivity index (χ3n) is 2.54. The molecular weight excluding hydrogens is 236 g/mol. The summed E-state index contributed by atoms with van der Waals surface area (Å²) in [6.07, 6.45) is 0. The smallest absolute Gasteiger partial charge is 0.346 e. The predicted octanol–water partition coefficient (Wildman–Crippen LogP) is 1.94. The number of thiazole rings is 1. The number of nitrogens with zero attached hydrogens (tertiary/aromatic N) is 3. The lowest BCUT2D eigenvalue weighted by atomic mass is 10.1. The van der Waals surface area contributed by atoms with Gasteiger partial charge in [-0.15, -0.1) is 11.3 Å². The van der Waals surface area contributed by atoms with Gasteiger partial charge in [-0.3, -0.25) is 0 Å². The summed E-state index contributed by atoms with van der Waals surface area (Å²) in [6.45, 7) is 6.70. The topological polar surface area (TPSA) is 71.6 Å². The molecule has 2 amide bonds. The van der Waals surface area contributed by atoms with Crippen LogP contribution in [0.5, 0.6) is 0 Å². The van der Waals surface area contributed by atoms with Crippen molar-refractivity contribution < 1.29 is 4.79 Å². The quantitative estimate of drug-likeness (QED) is 0.893. The Morgan fingerprint density at radius 2 is 2.29 bits per heavy atom. The molecule has 1 aromatic rings. The van der Waals surface area contributed by atoms with Crippen molar-refractivity contribution in [3.63, 3.8) is 0 Å². The van der Waals surface area contributed by atoms with Crippen LogP contribution in [-0.2, 0) is 0 Å². The van der Waals surface area contributed by atoms with Gasteiger partial charge in [0, 0.05) is 11.9 Å². The van der Waals surface area contributed by atoms with Crippen LogP contribution >= 0.6 is 11.3 Å². The van der Waals surface area contributed by atoms with Crippen LogP contribution in [0.25, 0.3) is 0 Å². The molecule has 0 aromatic carbocycles. The summed E-state index contributed by atoms with van der Waals surface area (Å²) in [6, 6.07) is -0.540. The Hall–Kier alpha value is -1.43. The second kappa shape index (κ2) is 4.44. The van der Waals surface area contributed by atoms with Gasteiger partial charge in [-0.05, 0) is 12.8 Å². The van der Waals surface area contributed by atoms with Gasteiger partial charge in [0.15, 0.2) is 0 Å². The molecule has 1 aliphatic rings. The number of urea groups is 1. The zero-order valence-electron chi connectivity index (χ0n) is 10.2. The minimum Gasteiger partial charge on any atom is -0.385 e. The highest BCUT2D eigenvalue weighted by atomic mass is 32.1. The molecule has 1 aromatic heterocycles. The van der Waals surface area contributed by atoms with Crippen molar-refractivity contribution in [3.8, 4) is 0 Å². The molecule has 0 saturated carbocycles. The minimum absolute atomic E-state index is 0.258. The van der Waals surface area contributed by atoms with Crippen LogP contribution in [0.15, 0.2) is 10.4 Å². The molecular formula is C11H16N4OS. The number of carbonyl (C=O) groups excluding carboxylic acids is 1. The number of rotatable bonds is 3. The lowest BCUT2D eigenvalue weighted by Gasteiger charge is -2.24. The molecule has 1 atom stereocenters. The fourth-order valence-electron chi connectivity index (χ4n) is 1.90. The molecule has 0 radical (unpaired) electrons. The van der Waals surface area contributed by atoms with E-state index in [2.05, 4.69) is 23.8 Å². The number of nitrogens with two attached hydrogens (primary N) is 1. The van der Waals surface area contributed by atoms with E-state index < -0.39 is 0 Å². The van der Waals surface area contributed by atoms with Crippen molar-refractivity contribution in [2.75, 3.05) is 6.54 Å². The molecule has 2 heterocycles. The van der Waals surface area contributed by atoms with E-state index in [0.29, 0.717) is 18.3 Å². The van der Waals surface area contributed by atoms with Crippen molar-refractivity contribution in [1.82, 2.24) is 9.88 Å². The highest BCUT2D eigenvalue weighted by Gasteiger charge is 2.36. The van der Waals surface area contributed by atoms with Gasteiger partial charge in [0.25, 0.3) is 0 Å². The van der Waals surface area contributed by atoms with Crippen LogP contribution in [0.1, 0.15) is 30.6 Å². The predicted molar refractivity (Wildman–Crippen MR) is 68.2 cm³/mol. The number of aliphatic imine (C=N–C) groups is 1. The van der Waals surface area contributed by atoms with Gasteiger partial charge in [0.05, 0.1) is 10.7 Å². The Labute approximate surface area is 104 Å². The van der Waals surface area contributed by atoms with Crippen LogP contribution < -0.4 is 5.73 Å². The highest BCUT2D eigenvalue weighted by molar-refractivity contribution is 7.09. The van der Waals surface area contributed by atoms with E-state index in [4.69, 9.17) is 5.73 Å². The van der Waals surface area contributed by atoms with Crippen LogP contribution in [0.4, 0.5) is 4.79 Å². The Morgan fingerprint density at radius 3 is 2.82 bits per heavy atom. The van der Waals surface area contributed by atoms with Crippen molar-refractivity contribution in [2.24, 2.45) is 16.6 Å². The van der Waals surface area contributed by atoms with Crippen LogP contribution in [0.3, 0.4) is 0 Å². The number of hydrogen-bond donors (Lipinski definition) is 1. The minimum atomic E-state index is -0.283. The molecule has 0 bridgehead atoms. The summed E-state index contributed by atoms with van der Waals surface area (Å²) in [5.41, 5.74) is 6.65. The number of amides is 2. The summed E-state index contributed by atoms with van der Waals surface area (Å²) in [7, 11) is 0. The summed E-state index contributed by atoms with van der Waals surface area (Å²) >= 11 is 1.56. The summed E-state index contributed by atoms with van der Waals surface area (Å²) in [4.78, 5) is 21.7. The number of amidine groups is 1. The fourth-order valence-corrected chi connectivity index (χ4v) is 2.53. The maximum atomic E-state index is 11.7. The molecule has 0 spiro atoms. The first kappa shape index (κ1) is 12.0. The van der Waals surface area contributed by atoms with Gasteiger partial charge in [-0.25, -0.2) is 9.78 Å². The number of aryl methyl sites for hydroxylation is 1. The molecule has 92 valence electrons. The third-order valence-corrected chi connectivity index (χ3v) is 3.33. The van der Waals surface area contributed by atoms with Gasteiger partial charge in [0.2, 0.25) is 0 Å². The van der Waals surface area contributed by atoms with E-state index in [0.717, 1.165) is 10.7 Å². The zero-order chi connectivity index (χ0) is 12.6. The Bertz CT molecular complexity index is 466. The van der Waals surface area contributed by atoms with E-state index in [9.17, 15) is 4.79 Å². The van der Waals surface area contributed by atoms with Gasteiger partial charge in [0.1, 0.15) is 11.9 Å². The van der Waals surface area contributed by atoms with Gasteiger partial charge in [-0.1, -0.05) is 13.8 Å². The van der Waals surface area contributed by atoms with Crippen molar-refractivity contribution >= 4 is 23.2 Å². The zero-order valence-corrected chi connectivity index (χ0v) is 11.0. The van der Waals surface area contributed by atoms with E-state index in [1.165, 1.54) is 0 Å². The average molecular weight is 252 g/mol. The van der Waals surface area contributed by atoms with E-state index in [-0.39, 0.29) is 12.1 Å². The number of aromatic nitrogens is 1. The Kier molecular flexibility index (Phi) is 3.15. The second-order valence-corrected chi connectivity index (χ2v) is 5.62. The average Bonchev–Trinajstić information content (AvgIpc) is 2.72. The molecule has 1 aliphatic heterocycles. The van der Waals surface area contributed by atoms with Crippen LogP contribution in [0, 0.1) is 12.8 Å². The van der Waals surface area contributed by atoms with E-state index in [1.807, 2.05) is 12.3 Å². The SMILES string of the molecule is Cc1nc(C2C(N)=NC(=O)N2CC(C)C)cs1. The largest absolute Gasteiger partial charge is 0.385 e. The van der Waals surface area contributed by atoms with E-state index in [1.54, 1.807) is 16.2 Å². The Balaban J connectivity index is 2.29. The van der Waals surface area contributed by atoms with Crippen molar-refractivity contribution in [1.29, 1.82) is 0 Å².